The van der Waals surface area contributed by atoms with Gasteiger partial charge in [0.1, 0.15) is 23.2 Å². The Balaban J connectivity index is 2.47. The molecule has 0 aliphatic rings. The molecule has 1 rings (SSSR count). The van der Waals surface area contributed by atoms with E-state index in [1.54, 1.807) is 7.05 Å². The molecule has 96 valence electrons. The van der Waals surface area contributed by atoms with Gasteiger partial charge in [-0.15, -0.1) is 0 Å². The number of hydrogen-bond donors (Lipinski definition) is 1. The van der Waals surface area contributed by atoms with Crippen molar-refractivity contribution in [1.82, 2.24) is 9.97 Å². The van der Waals surface area contributed by atoms with Crippen LogP contribution < -0.4 is 10.1 Å². The van der Waals surface area contributed by atoms with Gasteiger partial charge in [0.2, 0.25) is 5.88 Å². The predicted molar refractivity (Wildman–Crippen MR) is 70.5 cm³/mol. The highest BCUT2D eigenvalue weighted by atomic mass is 79.9. The van der Waals surface area contributed by atoms with Crippen LogP contribution in [0.4, 0.5) is 5.82 Å². The van der Waals surface area contributed by atoms with E-state index >= 15 is 0 Å². The number of aromatic nitrogens is 2. The molecule has 0 bridgehead atoms. The number of anilines is 1. The standard InChI is InChI=1S/C11H18BrN3O2/c1-11(2,3)17-6-5-16-10-8(12)9(13-4)14-7-15-10/h7H,5-6H2,1-4H3,(H,13,14,15). The van der Waals surface area contributed by atoms with Gasteiger partial charge in [-0.3, -0.25) is 0 Å². The molecule has 1 N–H and O–H groups in total. The molecular weight excluding hydrogens is 286 g/mol. The third kappa shape index (κ3) is 4.87. The molecule has 1 aromatic heterocycles. The van der Waals surface area contributed by atoms with Crippen molar-refractivity contribution in [3.8, 4) is 5.88 Å². The molecule has 0 saturated carbocycles. The monoisotopic (exact) mass is 303 g/mol. The minimum atomic E-state index is -0.150. The molecular formula is C11H18BrN3O2. The van der Waals surface area contributed by atoms with Crippen molar-refractivity contribution >= 4 is 21.7 Å². The molecule has 1 heterocycles. The summed E-state index contributed by atoms with van der Waals surface area (Å²) in [5.74, 6) is 1.22. The average molecular weight is 304 g/mol. The molecule has 5 nitrogen and oxygen atoms in total. The molecule has 0 aliphatic heterocycles. The lowest BCUT2D eigenvalue weighted by Crippen LogP contribution is -2.22. The lowest BCUT2D eigenvalue weighted by atomic mass is 10.2. The van der Waals surface area contributed by atoms with E-state index in [1.807, 2.05) is 20.8 Å². The molecule has 0 radical (unpaired) electrons. The van der Waals surface area contributed by atoms with Crippen LogP contribution in [-0.2, 0) is 4.74 Å². The van der Waals surface area contributed by atoms with Gasteiger partial charge < -0.3 is 14.8 Å². The molecule has 0 unspecified atom stereocenters. The van der Waals surface area contributed by atoms with Crippen molar-refractivity contribution in [1.29, 1.82) is 0 Å². The van der Waals surface area contributed by atoms with Crippen molar-refractivity contribution < 1.29 is 9.47 Å². The molecule has 0 atom stereocenters. The van der Waals surface area contributed by atoms with Crippen molar-refractivity contribution in [3.63, 3.8) is 0 Å². The van der Waals surface area contributed by atoms with Crippen LogP contribution in [0.3, 0.4) is 0 Å². The van der Waals surface area contributed by atoms with Crippen molar-refractivity contribution in [3.05, 3.63) is 10.8 Å². The first kappa shape index (κ1) is 14.2. The van der Waals surface area contributed by atoms with E-state index in [-0.39, 0.29) is 5.60 Å². The summed E-state index contributed by atoms with van der Waals surface area (Å²) >= 11 is 3.38. The van der Waals surface area contributed by atoms with Gasteiger partial charge in [-0.25, -0.2) is 9.97 Å². The van der Waals surface area contributed by atoms with Crippen LogP contribution in [0.15, 0.2) is 10.8 Å². The summed E-state index contributed by atoms with van der Waals surface area (Å²) in [7, 11) is 1.79. The van der Waals surface area contributed by atoms with Gasteiger partial charge >= 0.3 is 0 Å². The van der Waals surface area contributed by atoms with Crippen LogP contribution in [-0.4, -0.2) is 35.8 Å². The first-order valence-electron chi connectivity index (χ1n) is 5.39. The van der Waals surface area contributed by atoms with E-state index in [1.165, 1.54) is 6.33 Å². The SMILES string of the molecule is CNc1ncnc(OCCOC(C)(C)C)c1Br. The Kier molecular flexibility index (Phi) is 5.14. The highest BCUT2D eigenvalue weighted by molar-refractivity contribution is 9.10. The summed E-state index contributed by atoms with van der Waals surface area (Å²) < 4.78 is 11.8. The van der Waals surface area contributed by atoms with Crippen LogP contribution in [0, 0.1) is 0 Å². The highest BCUT2D eigenvalue weighted by Gasteiger charge is 2.11. The maximum Gasteiger partial charge on any atom is 0.233 e. The molecule has 1 aromatic rings. The predicted octanol–water partition coefficient (Wildman–Crippen LogP) is 2.47. The summed E-state index contributed by atoms with van der Waals surface area (Å²) in [6.07, 6.45) is 1.45. The van der Waals surface area contributed by atoms with Crippen LogP contribution >= 0.6 is 15.9 Å². The van der Waals surface area contributed by atoms with Gasteiger partial charge in [0.05, 0.1) is 12.2 Å². The Hall–Kier alpha value is -0.880. The lowest BCUT2D eigenvalue weighted by molar-refractivity contribution is -0.0169. The number of nitrogens with zero attached hydrogens (tertiary/aromatic N) is 2. The topological polar surface area (TPSA) is 56.3 Å². The first-order chi connectivity index (χ1) is 7.94. The smallest absolute Gasteiger partial charge is 0.233 e. The Morgan fingerprint density at radius 2 is 2.00 bits per heavy atom. The molecule has 0 saturated heterocycles. The fourth-order valence-corrected chi connectivity index (χ4v) is 1.63. The van der Waals surface area contributed by atoms with Crippen LogP contribution in [0.5, 0.6) is 5.88 Å². The van der Waals surface area contributed by atoms with E-state index in [0.29, 0.717) is 24.9 Å². The zero-order valence-electron chi connectivity index (χ0n) is 10.6. The second-order valence-corrected chi connectivity index (χ2v) is 5.19. The molecule has 0 fully saturated rings. The van der Waals surface area contributed by atoms with E-state index in [4.69, 9.17) is 9.47 Å². The average Bonchev–Trinajstić information content (AvgIpc) is 2.25. The Morgan fingerprint density at radius 3 is 2.59 bits per heavy atom. The molecule has 0 amide bonds. The molecule has 6 heteroatoms. The summed E-state index contributed by atoms with van der Waals surface area (Å²) in [4.78, 5) is 8.09. The third-order valence-electron chi connectivity index (χ3n) is 1.85. The second-order valence-electron chi connectivity index (χ2n) is 4.40. The number of nitrogens with one attached hydrogen (secondary N) is 1. The molecule has 0 aromatic carbocycles. The fourth-order valence-electron chi connectivity index (χ4n) is 1.11. The minimum absolute atomic E-state index is 0.150. The lowest BCUT2D eigenvalue weighted by Gasteiger charge is -2.19. The van der Waals surface area contributed by atoms with Gasteiger partial charge in [0.15, 0.2) is 0 Å². The zero-order valence-corrected chi connectivity index (χ0v) is 12.2. The number of ether oxygens (including phenoxy) is 2. The Morgan fingerprint density at radius 1 is 1.29 bits per heavy atom. The van der Waals surface area contributed by atoms with Gasteiger partial charge in [-0.1, -0.05) is 0 Å². The highest BCUT2D eigenvalue weighted by Crippen LogP contribution is 2.27. The largest absolute Gasteiger partial charge is 0.474 e. The van der Waals surface area contributed by atoms with E-state index in [2.05, 4.69) is 31.2 Å². The second kappa shape index (κ2) is 6.16. The summed E-state index contributed by atoms with van der Waals surface area (Å²) in [5, 5.41) is 2.94. The maximum absolute atomic E-state index is 5.55. The van der Waals surface area contributed by atoms with Gasteiger partial charge in [-0.2, -0.15) is 0 Å². The Bertz CT molecular complexity index is 366. The van der Waals surface area contributed by atoms with Gasteiger partial charge in [0.25, 0.3) is 0 Å². The van der Waals surface area contributed by atoms with E-state index in [9.17, 15) is 0 Å². The molecule has 0 spiro atoms. The number of rotatable bonds is 5. The quantitative estimate of drug-likeness (QED) is 0.847. The fraction of sp³-hybridized carbons (Fsp3) is 0.636. The molecule has 17 heavy (non-hydrogen) atoms. The summed E-state index contributed by atoms with van der Waals surface area (Å²) in [5.41, 5.74) is -0.150. The summed E-state index contributed by atoms with van der Waals surface area (Å²) in [6.45, 7) is 7.00. The van der Waals surface area contributed by atoms with Crippen LogP contribution in [0.1, 0.15) is 20.8 Å². The van der Waals surface area contributed by atoms with Crippen LogP contribution in [0.25, 0.3) is 0 Å². The van der Waals surface area contributed by atoms with Gasteiger partial charge in [0, 0.05) is 7.05 Å². The van der Waals surface area contributed by atoms with Crippen molar-refractivity contribution in [2.24, 2.45) is 0 Å². The first-order valence-corrected chi connectivity index (χ1v) is 6.18. The maximum atomic E-state index is 5.55. The zero-order chi connectivity index (χ0) is 12.9. The van der Waals surface area contributed by atoms with Gasteiger partial charge in [-0.05, 0) is 36.7 Å². The van der Waals surface area contributed by atoms with Crippen molar-refractivity contribution in [2.75, 3.05) is 25.6 Å². The third-order valence-corrected chi connectivity index (χ3v) is 2.57. The summed E-state index contributed by atoms with van der Waals surface area (Å²) in [6, 6.07) is 0. The molecule has 0 aliphatic carbocycles. The van der Waals surface area contributed by atoms with E-state index in [0.717, 1.165) is 4.47 Å². The number of hydrogen-bond acceptors (Lipinski definition) is 5. The normalized spacial score (nSPS) is 11.4. The minimum Gasteiger partial charge on any atom is -0.474 e. The van der Waals surface area contributed by atoms with Crippen molar-refractivity contribution in [2.45, 2.75) is 26.4 Å². The Labute approximate surface area is 110 Å². The number of halogens is 1. The van der Waals surface area contributed by atoms with Crippen LogP contribution in [0.2, 0.25) is 0 Å². The van der Waals surface area contributed by atoms with E-state index < -0.39 is 0 Å².